The van der Waals surface area contributed by atoms with Gasteiger partial charge in [0.15, 0.2) is 11.5 Å². The van der Waals surface area contributed by atoms with E-state index in [4.69, 9.17) is 33.2 Å². The maximum absolute atomic E-state index is 13.3. The summed E-state index contributed by atoms with van der Waals surface area (Å²) in [7, 11) is 6.20. The van der Waals surface area contributed by atoms with Crippen molar-refractivity contribution in [3.8, 4) is 23.0 Å². The van der Waals surface area contributed by atoms with Gasteiger partial charge in [0.2, 0.25) is 0 Å². The van der Waals surface area contributed by atoms with Crippen molar-refractivity contribution in [2.45, 2.75) is 19.8 Å². The number of carbonyl (C=O) groups excluding carboxylic acids is 1. The van der Waals surface area contributed by atoms with Crippen molar-refractivity contribution in [1.82, 2.24) is 0 Å². The molecular formula is C25H28O8. The molecule has 8 nitrogen and oxygen atoms in total. The first kappa shape index (κ1) is 24.0. The largest absolute Gasteiger partial charge is 0.497 e. The predicted molar refractivity (Wildman–Crippen MR) is 122 cm³/mol. The molecule has 3 rings (SSSR count). The average Bonchev–Trinajstić information content (AvgIpc) is 2.82. The number of ketones is 1. The van der Waals surface area contributed by atoms with Crippen molar-refractivity contribution >= 4 is 17.9 Å². The topological polar surface area (TPSA) is 81.7 Å². The summed E-state index contributed by atoms with van der Waals surface area (Å²) in [5.74, 6) is 0.413. The van der Waals surface area contributed by atoms with Crippen molar-refractivity contribution in [3.05, 3.63) is 59.0 Å². The Hall–Kier alpha value is -3.65. The van der Waals surface area contributed by atoms with Crippen LogP contribution in [0.2, 0.25) is 0 Å². The maximum Gasteiger partial charge on any atom is 0.368 e. The maximum atomic E-state index is 13.3. The third kappa shape index (κ3) is 5.40. The molecule has 0 bridgehead atoms. The monoisotopic (exact) mass is 456 g/mol. The molecule has 8 heteroatoms. The van der Waals surface area contributed by atoms with Gasteiger partial charge in [-0.1, -0.05) is 0 Å². The smallest absolute Gasteiger partial charge is 0.368 e. The van der Waals surface area contributed by atoms with Crippen molar-refractivity contribution in [3.63, 3.8) is 0 Å². The van der Waals surface area contributed by atoms with Crippen LogP contribution in [0.4, 0.5) is 0 Å². The third-order valence-electron chi connectivity index (χ3n) is 4.90. The van der Waals surface area contributed by atoms with Crippen LogP contribution in [0, 0.1) is 0 Å². The summed E-state index contributed by atoms with van der Waals surface area (Å²) in [5.41, 5.74) is 1.26. The average molecular weight is 456 g/mol. The Morgan fingerprint density at radius 1 is 0.788 bits per heavy atom. The number of methoxy groups -OCH3 is 4. The van der Waals surface area contributed by atoms with Gasteiger partial charge in [-0.15, -0.1) is 0 Å². The number of hydrogen-bond acceptors (Lipinski definition) is 8. The Bertz CT molecular complexity index is 993. The van der Waals surface area contributed by atoms with Gasteiger partial charge in [-0.2, -0.15) is 0 Å². The molecule has 1 fully saturated rings. The molecule has 0 N–H and O–H groups in total. The van der Waals surface area contributed by atoms with Gasteiger partial charge in [-0.25, -0.2) is 0 Å². The van der Waals surface area contributed by atoms with Crippen molar-refractivity contribution in [2.24, 2.45) is 0 Å². The van der Waals surface area contributed by atoms with Gasteiger partial charge in [0, 0.05) is 30.2 Å². The highest BCUT2D eigenvalue weighted by atomic mass is 16.9. The Kier molecular flexibility index (Phi) is 7.50. The number of Topliss-reactive ketones (excluding diaryl/α,β-unsaturated/α-hetero) is 1. The predicted octanol–water partition coefficient (Wildman–Crippen LogP) is 4.43. The first-order valence-corrected chi connectivity index (χ1v) is 10.3. The van der Waals surface area contributed by atoms with E-state index in [0.717, 1.165) is 0 Å². The zero-order valence-electron chi connectivity index (χ0n) is 19.6. The summed E-state index contributed by atoms with van der Waals surface area (Å²) in [6.07, 6.45) is 3.17. The van der Waals surface area contributed by atoms with Crippen LogP contribution in [0.15, 0.2) is 47.9 Å². The first-order valence-electron chi connectivity index (χ1n) is 10.3. The standard InChI is InChI=1S/C25H28O8/c1-7-31-25(2)32-22(12-16-8-10-18(27-3)14-20(16)29-5)24(26)23(33-25)13-17-9-11-19(28-4)15-21(17)30-6/h8-15H,7H2,1-6H3. The molecule has 0 spiro atoms. The Morgan fingerprint density at radius 2 is 1.24 bits per heavy atom. The molecule has 0 aromatic heterocycles. The fourth-order valence-electron chi connectivity index (χ4n) is 3.30. The van der Waals surface area contributed by atoms with Crippen LogP contribution in [0.1, 0.15) is 25.0 Å². The zero-order valence-corrected chi connectivity index (χ0v) is 19.6. The summed E-state index contributed by atoms with van der Waals surface area (Å²) in [6.45, 7) is 3.71. The van der Waals surface area contributed by atoms with E-state index >= 15 is 0 Å². The SMILES string of the molecule is CCOC1(C)OC(=Cc2ccc(OC)cc2OC)C(=O)C(=Cc2ccc(OC)cc2OC)O1. The minimum atomic E-state index is -1.50. The second-order valence-electron chi connectivity index (χ2n) is 7.06. The van der Waals surface area contributed by atoms with Gasteiger partial charge in [0.25, 0.3) is 5.78 Å². The molecule has 1 aliphatic rings. The molecule has 0 aliphatic carbocycles. The number of carbonyl (C=O) groups is 1. The molecular weight excluding hydrogens is 428 g/mol. The van der Waals surface area contributed by atoms with Gasteiger partial charge in [-0.3, -0.25) is 4.79 Å². The Balaban J connectivity index is 2.08. The van der Waals surface area contributed by atoms with Crippen molar-refractivity contribution < 1.29 is 38.0 Å². The molecule has 33 heavy (non-hydrogen) atoms. The van der Waals surface area contributed by atoms with Crippen LogP contribution < -0.4 is 18.9 Å². The van der Waals surface area contributed by atoms with Crippen LogP contribution in [-0.2, 0) is 19.0 Å². The highest BCUT2D eigenvalue weighted by Gasteiger charge is 2.41. The van der Waals surface area contributed by atoms with E-state index in [0.29, 0.717) is 40.7 Å². The molecule has 0 saturated carbocycles. The minimum Gasteiger partial charge on any atom is -0.497 e. The van der Waals surface area contributed by atoms with Gasteiger partial charge < -0.3 is 33.2 Å². The second kappa shape index (κ2) is 10.3. The molecule has 0 amide bonds. The highest BCUT2D eigenvalue weighted by Crippen LogP contribution is 2.36. The number of rotatable bonds is 8. The minimum absolute atomic E-state index is 0.0411. The molecule has 1 aliphatic heterocycles. The summed E-state index contributed by atoms with van der Waals surface area (Å²) >= 11 is 0. The van der Waals surface area contributed by atoms with E-state index in [-0.39, 0.29) is 11.5 Å². The van der Waals surface area contributed by atoms with E-state index in [1.165, 1.54) is 14.2 Å². The van der Waals surface area contributed by atoms with E-state index in [9.17, 15) is 4.79 Å². The van der Waals surface area contributed by atoms with Gasteiger partial charge in [-0.05, 0) is 43.3 Å². The highest BCUT2D eigenvalue weighted by molar-refractivity contribution is 6.11. The normalized spacial score (nSPS) is 20.2. The van der Waals surface area contributed by atoms with Gasteiger partial charge >= 0.3 is 5.97 Å². The molecule has 0 atom stereocenters. The van der Waals surface area contributed by atoms with Crippen molar-refractivity contribution in [2.75, 3.05) is 35.0 Å². The molecule has 2 aromatic carbocycles. The Labute approximate surface area is 193 Å². The molecule has 1 saturated heterocycles. The van der Waals surface area contributed by atoms with Crippen LogP contribution in [0.5, 0.6) is 23.0 Å². The lowest BCUT2D eigenvalue weighted by Gasteiger charge is -2.35. The Morgan fingerprint density at radius 3 is 1.61 bits per heavy atom. The summed E-state index contributed by atoms with van der Waals surface area (Å²) < 4.78 is 38.7. The zero-order chi connectivity index (χ0) is 24.0. The van der Waals surface area contributed by atoms with E-state index in [2.05, 4.69) is 0 Å². The lowest BCUT2D eigenvalue weighted by Crippen LogP contribution is -2.42. The summed E-state index contributed by atoms with van der Waals surface area (Å²) in [6, 6.07) is 10.5. The lowest BCUT2D eigenvalue weighted by atomic mass is 10.1. The van der Waals surface area contributed by atoms with Crippen LogP contribution in [0.25, 0.3) is 12.2 Å². The fourth-order valence-corrected chi connectivity index (χ4v) is 3.30. The van der Waals surface area contributed by atoms with E-state index < -0.39 is 11.8 Å². The molecule has 0 radical (unpaired) electrons. The number of ether oxygens (including phenoxy) is 7. The number of hydrogen-bond donors (Lipinski definition) is 0. The fraction of sp³-hybridized carbons (Fsp3) is 0.320. The van der Waals surface area contributed by atoms with Crippen LogP contribution in [-0.4, -0.2) is 46.8 Å². The molecule has 176 valence electrons. The van der Waals surface area contributed by atoms with Gasteiger partial charge in [0.1, 0.15) is 23.0 Å². The third-order valence-corrected chi connectivity index (χ3v) is 4.90. The van der Waals surface area contributed by atoms with E-state index in [1.807, 2.05) is 0 Å². The lowest BCUT2D eigenvalue weighted by molar-refractivity contribution is -0.343. The van der Waals surface area contributed by atoms with Crippen LogP contribution in [0.3, 0.4) is 0 Å². The van der Waals surface area contributed by atoms with Crippen LogP contribution >= 0.6 is 0 Å². The summed E-state index contributed by atoms with van der Waals surface area (Å²) in [5, 5.41) is 0. The number of benzene rings is 2. The quantitative estimate of drug-likeness (QED) is 0.540. The summed E-state index contributed by atoms with van der Waals surface area (Å²) in [4.78, 5) is 13.3. The molecule has 2 aromatic rings. The van der Waals surface area contributed by atoms with Crippen molar-refractivity contribution in [1.29, 1.82) is 0 Å². The van der Waals surface area contributed by atoms with E-state index in [1.54, 1.807) is 76.6 Å². The van der Waals surface area contributed by atoms with Gasteiger partial charge in [0.05, 0.1) is 35.0 Å². The molecule has 1 heterocycles. The second-order valence-corrected chi connectivity index (χ2v) is 7.06. The first-order chi connectivity index (χ1) is 15.9. The molecule has 0 unspecified atom stereocenters.